The highest BCUT2D eigenvalue weighted by molar-refractivity contribution is 5.91. The second kappa shape index (κ2) is 23.9. The van der Waals surface area contributed by atoms with Gasteiger partial charge < -0.3 is 63.4 Å². The van der Waals surface area contributed by atoms with Gasteiger partial charge in [-0.2, -0.15) is 0 Å². The van der Waals surface area contributed by atoms with Gasteiger partial charge in [0.15, 0.2) is 18.4 Å². The number of carbonyl (C=O) groups excluding carboxylic acids is 2. The number of allylic oxidation sites excluding steroid dienone is 3. The average Bonchev–Trinajstić information content (AvgIpc) is 3.19. The fraction of sp³-hybridized carbons (Fsp3) is 0.870. The van der Waals surface area contributed by atoms with Gasteiger partial charge in [-0.1, -0.05) is 52.3 Å². The van der Waals surface area contributed by atoms with Gasteiger partial charge >= 0.3 is 5.97 Å². The van der Waals surface area contributed by atoms with Crippen molar-refractivity contribution < 1.29 is 63.2 Å². The molecule has 4 aliphatic rings. The third-order valence-corrected chi connectivity index (χ3v) is 13.5. The molecule has 0 aromatic carbocycles. The summed E-state index contributed by atoms with van der Waals surface area (Å²) in [6, 6.07) is -0.684. The van der Waals surface area contributed by atoms with Crippen LogP contribution in [0.15, 0.2) is 23.8 Å². The van der Waals surface area contributed by atoms with Crippen molar-refractivity contribution in [2.75, 3.05) is 54.6 Å². The molecule has 61 heavy (non-hydrogen) atoms. The van der Waals surface area contributed by atoms with E-state index in [4.69, 9.17) is 33.2 Å². The van der Waals surface area contributed by atoms with Crippen molar-refractivity contribution in [1.29, 1.82) is 0 Å². The molecular formula is C46H80N2O13. The number of carbonyl (C=O) groups is 2. The zero-order chi connectivity index (χ0) is 45.3. The lowest BCUT2D eigenvalue weighted by molar-refractivity contribution is -0.304. The Kier molecular flexibility index (Phi) is 20.3. The molecule has 0 aromatic heterocycles. The van der Waals surface area contributed by atoms with Crippen molar-refractivity contribution in [3.05, 3.63) is 23.8 Å². The monoisotopic (exact) mass is 869 g/mol. The molecular weight excluding hydrogens is 789 g/mol. The van der Waals surface area contributed by atoms with E-state index in [1.807, 2.05) is 33.8 Å². The van der Waals surface area contributed by atoms with Gasteiger partial charge in [0.1, 0.15) is 30.5 Å². The number of piperidine rings is 1. The van der Waals surface area contributed by atoms with Crippen molar-refractivity contribution in [3.8, 4) is 0 Å². The first-order chi connectivity index (χ1) is 28.8. The van der Waals surface area contributed by atoms with Crippen LogP contribution in [-0.4, -0.2) is 176 Å². The Hall–Kier alpha value is -1.86. The molecule has 10 unspecified atom stereocenters. The van der Waals surface area contributed by atoms with Crippen LogP contribution in [0.4, 0.5) is 0 Å². The summed E-state index contributed by atoms with van der Waals surface area (Å²) in [7, 11) is 6.54. The van der Waals surface area contributed by atoms with Crippen LogP contribution in [0.3, 0.4) is 0 Å². The predicted octanol–water partition coefficient (Wildman–Crippen LogP) is 3.34. The molecule has 15 heteroatoms. The highest BCUT2D eigenvalue weighted by atomic mass is 16.7. The minimum Gasteiger partial charge on any atom is -0.462 e. The molecule has 4 heterocycles. The lowest BCUT2D eigenvalue weighted by Gasteiger charge is -2.47. The van der Waals surface area contributed by atoms with Crippen molar-refractivity contribution in [2.45, 2.75) is 167 Å². The third-order valence-electron chi connectivity index (χ3n) is 13.5. The smallest absolute Gasteiger partial charge is 0.308 e. The van der Waals surface area contributed by atoms with Crippen LogP contribution in [0.25, 0.3) is 0 Å². The number of likely N-dealkylation sites (N-methyl/N-ethyl adjacent to an activating group) is 1. The van der Waals surface area contributed by atoms with Gasteiger partial charge in [-0.15, -0.1) is 0 Å². The van der Waals surface area contributed by atoms with E-state index >= 15 is 0 Å². The lowest BCUT2D eigenvalue weighted by Crippen LogP contribution is -2.63. The Labute approximate surface area is 365 Å². The van der Waals surface area contributed by atoms with Gasteiger partial charge in [-0.3, -0.25) is 9.59 Å². The molecule has 4 N–H and O–H groups in total. The molecule has 0 aromatic rings. The molecule has 15 nitrogen and oxygen atoms in total. The number of methoxy groups -OCH3 is 2. The largest absolute Gasteiger partial charge is 0.462 e. The SMILES string of the molecule is CC[C@H]1OC(=O)C[C@@H](O)[C@H](C)[C@@H](OC2OC(C)C(O)C(N(C)C)C2O)[C@@H](CCN2C[C@H](C)C[C@H](C)C2)C[C@@H](C)C(=O)C=CC(C)=C[C@@H]1COC1OC(C)C(O)C(OC)C1OC. The molecule has 0 aliphatic carbocycles. The average molecular weight is 869 g/mol. The number of ketones is 1. The summed E-state index contributed by atoms with van der Waals surface area (Å²) in [5, 5.41) is 45.3. The maximum Gasteiger partial charge on any atom is 0.308 e. The van der Waals surface area contributed by atoms with E-state index in [0.717, 1.165) is 25.2 Å². The maximum atomic E-state index is 14.0. The number of cyclic esters (lactones) is 1. The Balaban J connectivity index is 1.68. The molecule has 0 radical (unpaired) electrons. The van der Waals surface area contributed by atoms with Crippen molar-refractivity contribution in [3.63, 3.8) is 0 Å². The summed E-state index contributed by atoms with van der Waals surface area (Å²) in [6.07, 6.45) is -2.96. The lowest BCUT2D eigenvalue weighted by atomic mass is 9.79. The number of nitrogens with zero attached hydrogens (tertiary/aromatic N) is 2. The van der Waals surface area contributed by atoms with Gasteiger partial charge in [-0.25, -0.2) is 0 Å². The molecule has 3 saturated heterocycles. The summed E-state index contributed by atoms with van der Waals surface area (Å²) in [6.45, 7) is 18.2. The molecule has 352 valence electrons. The first-order valence-electron chi connectivity index (χ1n) is 22.6. The first kappa shape index (κ1) is 51.8. The maximum absolute atomic E-state index is 14.0. The molecule has 3 fully saturated rings. The zero-order valence-corrected chi connectivity index (χ0v) is 38.9. The van der Waals surface area contributed by atoms with E-state index in [2.05, 4.69) is 18.7 Å². The van der Waals surface area contributed by atoms with Crippen LogP contribution in [0.2, 0.25) is 0 Å². The molecule has 4 aliphatic heterocycles. The Bertz CT molecular complexity index is 1420. The molecule has 0 saturated carbocycles. The molecule has 0 spiro atoms. The number of esters is 1. The number of rotatable bonds is 12. The van der Waals surface area contributed by atoms with Crippen LogP contribution >= 0.6 is 0 Å². The van der Waals surface area contributed by atoms with Gasteiger partial charge in [0, 0.05) is 45.1 Å². The Morgan fingerprint density at radius 1 is 0.820 bits per heavy atom. The zero-order valence-electron chi connectivity index (χ0n) is 38.9. The molecule has 19 atom stereocenters. The van der Waals surface area contributed by atoms with Crippen LogP contribution in [0, 0.1) is 35.5 Å². The van der Waals surface area contributed by atoms with Crippen LogP contribution in [0.1, 0.15) is 87.5 Å². The van der Waals surface area contributed by atoms with Gasteiger partial charge in [0.2, 0.25) is 0 Å². The number of hydrogen-bond donors (Lipinski definition) is 4. The fourth-order valence-electron chi connectivity index (χ4n) is 10.0. The minimum absolute atomic E-state index is 0.0427. The Morgan fingerprint density at radius 3 is 2.05 bits per heavy atom. The normalized spacial score (nSPS) is 43.0. The molecule has 4 rings (SSSR count). The Morgan fingerprint density at radius 2 is 1.44 bits per heavy atom. The van der Waals surface area contributed by atoms with Crippen LogP contribution < -0.4 is 0 Å². The quantitative estimate of drug-likeness (QED) is 0.209. The predicted molar refractivity (Wildman–Crippen MR) is 229 cm³/mol. The number of likely N-dealkylation sites (tertiary alicyclic amines) is 1. The molecule has 0 bridgehead atoms. The summed E-state index contributed by atoms with van der Waals surface area (Å²) in [4.78, 5) is 32.1. The molecule has 0 amide bonds. The standard InChI is InChI=1S/C46H80N2O13/c1-13-36-33(24-57-46-44(56-12)43(55-11)40(53)31(8)59-46)19-25(2)14-15-34(49)28(5)20-32(16-17-48-22-26(3)18-27(4)23-48)42(29(6)35(50)21-37(51)60-36)61-45-41(54)38(47(9)10)39(52)30(7)58-45/h14-15,19,26-33,35-36,38-46,50,52-54H,13,16-18,20-24H2,1-12H3/t26-,27+,28-,29+,30?,31?,32+,33-,35-,36-,38?,39?,40?,41?,42-,43?,44?,45?,46?/m1/s1. The highest BCUT2D eigenvalue weighted by Gasteiger charge is 2.48. The van der Waals surface area contributed by atoms with Crippen molar-refractivity contribution in [1.82, 2.24) is 9.80 Å². The number of hydrogen-bond acceptors (Lipinski definition) is 15. The van der Waals surface area contributed by atoms with Crippen molar-refractivity contribution >= 4 is 11.8 Å². The van der Waals surface area contributed by atoms with E-state index in [1.54, 1.807) is 45.0 Å². The first-order valence-corrected chi connectivity index (χ1v) is 22.6. The van der Waals surface area contributed by atoms with Gasteiger partial charge in [-0.05, 0) is 90.9 Å². The fourth-order valence-corrected chi connectivity index (χ4v) is 10.0. The van der Waals surface area contributed by atoms with Crippen LogP contribution in [-0.2, 0) is 42.7 Å². The van der Waals surface area contributed by atoms with Gasteiger partial charge in [0.05, 0.1) is 49.6 Å². The summed E-state index contributed by atoms with van der Waals surface area (Å²) < 4.78 is 42.6. The van der Waals surface area contributed by atoms with Crippen molar-refractivity contribution in [2.24, 2.45) is 35.5 Å². The topological polar surface area (TPSA) is 186 Å². The number of ether oxygens (including phenoxy) is 7. The minimum atomic E-state index is -1.23. The summed E-state index contributed by atoms with van der Waals surface area (Å²) in [5.41, 5.74) is 0.761. The summed E-state index contributed by atoms with van der Waals surface area (Å²) in [5.74, 6) is -1.46. The second-order valence-corrected chi connectivity index (χ2v) is 18.9. The van der Waals surface area contributed by atoms with Crippen LogP contribution in [0.5, 0.6) is 0 Å². The summed E-state index contributed by atoms with van der Waals surface area (Å²) >= 11 is 0. The van der Waals surface area contributed by atoms with E-state index in [1.165, 1.54) is 20.6 Å². The highest BCUT2D eigenvalue weighted by Crippen LogP contribution is 2.36. The van der Waals surface area contributed by atoms with E-state index in [0.29, 0.717) is 31.1 Å². The second-order valence-electron chi connectivity index (χ2n) is 18.9. The van der Waals surface area contributed by atoms with Gasteiger partial charge in [0.25, 0.3) is 0 Å². The third kappa shape index (κ3) is 13.8. The van der Waals surface area contributed by atoms with E-state index in [9.17, 15) is 30.0 Å². The van der Waals surface area contributed by atoms with E-state index in [-0.39, 0.29) is 24.7 Å². The van der Waals surface area contributed by atoms with E-state index < -0.39 is 103 Å². The number of aliphatic hydroxyl groups is 4. The number of aliphatic hydroxyl groups excluding tert-OH is 4.